The molecule has 1 aliphatic heterocycles. The summed E-state index contributed by atoms with van der Waals surface area (Å²) in [6.45, 7) is 0.669. The highest BCUT2D eigenvalue weighted by Gasteiger charge is 2.15. The Balaban J connectivity index is 1.81. The maximum absolute atomic E-state index is 12.1. The number of hydrogen-bond donors (Lipinski definition) is 1. The molecule has 0 spiro atoms. The van der Waals surface area contributed by atoms with Crippen molar-refractivity contribution in [3.05, 3.63) is 46.9 Å². The van der Waals surface area contributed by atoms with E-state index in [0.717, 1.165) is 17.7 Å². The van der Waals surface area contributed by atoms with Gasteiger partial charge in [0.1, 0.15) is 11.6 Å². The van der Waals surface area contributed by atoms with Gasteiger partial charge in [-0.2, -0.15) is 0 Å². The number of nitrogens with one attached hydrogen (secondary N) is 1. The number of hydrogen-bond acceptors (Lipinski definition) is 4. The molecular formula is C13H10ClN3O2. The minimum absolute atomic E-state index is 0.0974. The van der Waals surface area contributed by atoms with Crippen LogP contribution in [0.25, 0.3) is 0 Å². The third-order valence-corrected chi connectivity index (χ3v) is 3.00. The number of ether oxygens (including phenoxy) is 1. The average Bonchev–Trinajstić information content (AvgIpc) is 2.85. The molecule has 1 amide bonds. The zero-order valence-electron chi connectivity index (χ0n) is 9.89. The van der Waals surface area contributed by atoms with E-state index in [9.17, 15) is 4.79 Å². The Bertz CT molecular complexity index is 646. The lowest BCUT2D eigenvalue weighted by Crippen LogP contribution is -2.13. The fourth-order valence-electron chi connectivity index (χ4n) is 1.92. The second kappa shape index (κ2) is 4.85. The predicted octanol–water partition coefficient (Wildman–Crippen LogP) is 2.32. The second-order valence-electron chi connectivity index (χ2n) is 4.09. The summed E-state index contributed by atoms with van der Waals surface area (Å²) in [5.74, 6) is 0.993. The van der Waals surface area contributed by atoms with E-state index >= 15 is 0 Å². The van der Waals surface area contributed by atoms with Crippen LogP contribution in [-0.2, 0) is 6.42 Å². The summed E-state index contributed by atoms with van der Waals surface area (Å²) in [5.41, 5.74) is 1.62. The van der Waals surface area contributed by atoms with Gasteiger partial charge in [0.25, 0.3) is 5.91 Å². The first-order valence-electron chi connectivity index (χ1n) is 5.78. The zero-order chi connectivity index (χ0) is 13.2. The van der Waals surface area contributed by atoms with Gasteiger partial charge in [-0.1, -0.05) is 0 Å². The summed E-state index contributed by atoms with van der Waals surface area (Å²) >= 11 is 5.66. The monoisotopic (exact) mass is 275 g/mol. The van der Waals surface area contributed by atoms with Crippen LogP contribution in [0.1, 0.15) is 15.9 Å². The molecular weight excluding hydrogens is 266 g/mol. The van der Waals surface area contributed by atoms with Crippen LogP contribution in [0.4, 0.5) is 5.82 Å². The number of rotatable bonds is 2. The summed E-state index contributed by atoms with van der Waals surface area (Å²) < 4.78 is 5.40. The van der Waals surface area contributed by atoms with Gasteiger partial charge in [0, 0.05) is 18.2 Å². The van der Waals surface area contributed by atoms with Crippen LogP contribution < -0.4 is 10.1 Å². The first-order chi connectivity index (χ1) is 9.22. The van der Waals surface area contributed by atoms with Crippen molar-refractivity contribution in [3.8, 4) is 5.75 Å². The molecule has 0 saturated heterocycles. The highest BCUT2D eigenvalue weighted by atomic mass is 35.5. The van der Waals surface area contributed by atoms with Gasteiger partial charge in [-0.15, -0.1) is 0 Å². The predicted molar refractivity (Wildman–Crippen MR) is 70.6 cm³/mol. The van der Waals surface area contributed by atoms with Gasteiger partial charge in [-0.05, 0) is 41.4 Å². The first kappa shape index (κ1) is 11.9. The molecule has 0 unspecified atom stereocenters. The van der Waals surface area contributed by atoms with Crippen molar-refractivity contribution in [2.75, 3.05) is 11.9 Å². The molecule has 0 aliphatic carbocycles. The van der Waals surface area contributed by atoms with E-state index in [1.807, 2.05) is 12.1 Å². The van der Waals surface area contributed by atoms with Crippen molar-refractivity contribution in [2.24, 2.45) is 0 Å². The number of amides is 1. The number of carbonyl (C=O) groups excluding carboxylic acids is 1. The van der Waals surface area contributed by atoms with Crippen LogP contribution in [0, 0.1) is 0 Å². The third-order valence-electron chi connectivity index (χ3n) is 2.82. The Morgan fingerprint density at radius 1 is 1.37 bits per heavy atom. The van der Waals surface area contributed by atoms with Crippen LogP contribution in [-0.4, -0.2) is 22.5 Å². The lowest BCUT2D eigenvalue weighted by molar-refractivity contribution is 0.102. The molecule has 96 valence electrons. The lowest BCUT2D eigenvalue weighted by Gasteiger charge is -2.05. The molecule has 6 heteroatoms. The van der Waals surface area contributed by atoms with Crippen LogP contribution in [0.15, 0.2) is 30.5 Å². The van der Waals surface area contributed by atoms with Crippen molar-refractivity contribution in [3.63, 3.8) is 0 Å². The molecule has 19 heavy (non-hydrogen) atoms. The molecule has 1 N–H and O–H groups in total. The van der Waals surface area contributed by atoms with Gasteiger partial charge in [0.05, 0.1) is 6.61 Å². The van der Waals surface area contributed by atoms with Crippen LogP contribution in [0.2, 0.25) is 5.28 Å². The van der Waals surface area contributed by atoms with E-state index in [4.69, 9.17) is 16.3 Å². The van der Waals surface area contributed by atoms with Crippen molar-refractivity contribution in [1.82, 2.24) is 9.97 Å². The normalized spacial score (nSPS) is 12.7. The maximum atomic E-state index is 12.1. The number of aromatic nitrogens is 2. The number of carbonyl (C=O) groups is 1. The number of benzene rings is 1. The molecule has 1 aromatic heterocycles. The summed E-state index contributed by atoms with van der Waals surface area (Å²) in [7, 11) is 0. The molecule has 2 aromatic rings. The Kier molecular flexibility index (Phi) is 3.05. The third kappa shape index (κ3) is 2.51. The molecule has 2 heterocycles. The SMILES string of the molecule is O=C(Nc1ccnc(Cl)n1)c1ccc2c(c1)CCO2. The summed E-state index contributed by atoms with van der Waals surface area (Å²) in [6, 6.07) is 6.95. The largest absolute Gasteiger partial charge is 0.493 e. The number of anilines is 1. The van der Waals surface area contributed by atoms with E-state index in [-0.39, 0.29) is 11.2 Å². The maximum Gasteiger partial charge on any atom is 0.256 e. The molecule has 1 aromatic carbocycles. The van der Waals surface area contributed by atoms with Crippen LogP contribution in [0.3, 0.4) is 0 Å². The Morgan fingerprint density at radius 3 is 3.11 bits per heavy atom. The highest BCUT2D eigenvalue weighted by molar-refractivity contribution is 6.28. The van der Waals surface area contributed by atoms with Gasteiger partial charge < -0.3 is 10.1 Å². The number of nitrogens with zero attached hydrogens (tertiary/aromatic N) is 2. The summed E-state index contributed by atoms with van der Waals surface area (Å²) in [4.78, 5) is 19.7. The van der Waals surface area contributed by atoms with Crippen molar-refractivity contribution in [1.29, 1.82) is 0 Å². The minimum atomic E-state index is -0.232. The zero-order valence-corrected chi connectivity index (χ0v) is 10.6. The van der Waals surface area contributed by atoms with Crippen LogP contribution >= 0.6 is 11.6 Å². The molecule has 3 rings (SSSR count). The van der Waals surface area contributed by atoms with E-state index in [1.54, 1.807) is 12.1 Å². The summed E-state index contributed by atoms with van der Waals surface area (Å²) in [5, 5.41) is 2.77. The molecule has 0 saturated carbocycles. The van der Waals surface area contributed by atoms with Crippen LogP contribution in [0.5, 0.6) is 5.75 Å². The molecule has 0 fully saturated rings. The minimum Gasteiger partial charge on any atom is -0.493 e. The number of fused-ring (bicyclic) bond motifs is 1. The fourth-order valence-corrected chi connectivity index (χ4v) is 2.07. The van der Waals surface area contributed by atoms with Gasteiger partial charge >= 0.3 is 0 Å². The highest BCUT2D eigenvalue weighted by Crippen LogP contribution is 2.26. The van der Waals surface area contributed by atoms with Gasteiger partial charge in [-0.25, -0.2) is 9.97 Å². The van der Waals surface area contributed by atoms with E-state index in [2.05, 4.69) is 15.3 Å². The molecule has 0 bridgehead atoms. The van der Waals surface area contributed by atoms with Gasteiger partial charge in [0.2, 0.25) is 5.28 Å². The smallest absolute Gasteiger partial charge is 0.256 e. The van der Waals surface area contributed by atoms with Gasteiger partial charge in [-0.3, -0.25) is 4.79 Å². The molecule has 1 aliphatic rings. The van der Waals surface area contributed by atoms with E-state index < -0.39 is 0 Å². The average molecular weight is 276 g/mol. The standard InChI is InChI=1S/C13H10ClN3O2/c14-13-15-5-3-11(17-13)16-12(18)9-1-2-10-8(7-9)4-6-19-10/h1-3,5,7H,4,6H2,(H,15,16,17,18). The van der Waals surface area contributed by atoms with E-state index in [1.165, 1.54) is 6.20 Å². The summed E-state index contributed by atoms with van der Waals surface area (Å²) in [6.07, 6.45) is 2.32. The number of halogens is 1. The Morgan fingerprint density at radius 2 is 2.26 bits per heavy atom. The lowest BCUT2D eigenvalue weighted by atomic mass is 10.1. The fraction of sp³-hybridized carbons (Fsp3) is 0.154. The van der Waals surface area contributed by atoms with E-state index in [0.29, 0.717) is 18.0 Å². The Labute approximate surface area is 114 Å². The first-order valence-corrected chi connectivity index (χ1v) is 6.16. The molecule has 0 atom stereocenters. The van der Waals surface area contributed by atoms with Gasteiger partial charge in [0.15, 0.2) is 0 Å². The quantitative estimate of drug-likeness (QED) is 0.854. The topological polar surface area (TPSA) is 64.1 Å². The van der Waals surface area contributed by atoms with Crippen molar-refractivity contribution < 1.29 is 9.53 Å². The second-order valence-corrected chi connectivity index (χ2v) is 4.42. The van der Waals surface area contributed by atoms with Crippen molar-refractivity contribution in [2.45, 2.75) is 6.42 Å². The Hall–Kier alpha value is -2.14. The van der Waals surface area contributed by atoms with Crippen molar-refractivity contribution >= 4 is 23.3 Å². The molecule has 0 radical (unpaired) electrons. The molecule has 5 nitrogen and oxygen atoms in total.